The SMILES string of the molecule is CN(Cc1ccc(Cl)cc1Cl)C(=O)CCCCCl. The van der Waals surface area contributed by atoms with E-state index in [0.29, 0.717) is 28.9 Å². The zero-order valence-corrected chi connectivity index (χ0v) is 12.5. The van der Waals surface area contributed by atoms with Gasteiger partial charge in [0.1, 0.15) is 0 Å². The van der Waals surface area contributed by atoms with Crippen molar-refractivity contribution in [2.24, 2.45) is 0 Å². The summed E-state index contributed by atoms with van der Waals surface area (Å²) < 4.78 is 0. The van der Waals surface area contributed by atoms with Gasteiger partial charge < -0.3 is 4.90 Å². The van der Waals surface area contributed by atoms with Crippen LogP contribution < -0.4 is 0 Å². The van der Waals surface area contributed by atoms with Crippen molar-refractivity contribution >= 4 is 40.7 Å². The van der Waals surface area contributed by atoms with E-state index < -0.39 is 0 Å². The highest BCUT2D eigenvalue weighted by Gasteiger charge is 2.10. The molecule has 0 heterocycles. The average Bonchev–Trinajstić information content (AvgIpc) is 2.32. The van der Waals surface area contributed by atoms with Crippen molar-refractivity contribution in [1.29, 1.82) is 0 Å². The molecular formula is C13H16Cl3NO. The van der Waals surface area contributed by atoms with E-state index in [1.54, 1.807) is 24.1 Å². The van der Waals surface area contributed by atoms with Gasteiger partial charge in [-0.1, -0.05) is 29.3 Å². The fourth-order valence-corrected chi connectivity index (χ4v) is 2.21. The minimum atomic E-state index is 0.103. The average molecular weight is 309 g/mol. The molecule has 1 aromatic carbocycles. The first-order valence-electron chi connectivity index (χ1n) is 5.78. The van der Waals surface area contributed by atoms with Crippen LogP contribution in [-0.2, 0) is 11.3 Å². The highest BCUT2D eigenvalue weighted by Crippen LogP contribution is 2.22. The molecule has 0 bridgehead atoms. The van der Waals surface area contributed by atoms with Crippen LogP contribution in [0.4, 0.5) is 0 Å². The molecule has 5 heteroatoms. The fraction of sp³-hybridized carbons (Fsp3) is 0.462. The van der Waals surface area contributed by atoms with Crippen molar-refractivity contribution < 1.29 is 4.79 Å². The van der Waals surface area contributed by atoms with Crippen molar-refractivity contribution in [3.05, 3.63) is 33.8 Å². The van der Waals surface area contributed by atoms with E-state index in [-0.39, 0.29) is 5.91 Å². The number of benzene rings is 1. The molecule has 0 N–H and O–H groups in total. The number of halogens is 3. The first-order chi connectivity index (χ1) is 8.54. The summed E-state index contributed by atoms with van der Waals surface area (Å²) in [7, 11) is 1.77. The van der Waals surface area contributed by atoms with Crippen LogP contribution in [0.1, 0.15) is 24.8 Å². The van der Waals surface area contributed by atoms with E-state index in [0.717, 1.165) is 18.4 Å². The summed E-state index contributed by atoms with van der Waals surface area (Å²) in [6.45, 7) is 0.496. The molecule has 1 rings (SSSR count). The van der Waals surface area contributed by atoms with Crippen molar-refractivity contribution in [2.75, 3.05) is 12.9 Å². The number of amides is 1. The lowest BCUT2D eigenvalue weighted by Crippen LogP contribution is -2.26. The summed E-state index contributed by atoms with van der Waals surface area (Å²) in [5.41, 5.74) is 0.897. The third-order valence-electron chi connectivity index (χ3n) is 2.62. The van der Waals surface area contributed by atoms with Gasteiger partial charge in [0.15, 0.2) is 0 Å². The lowest BCUT2D eigenvalue weighted by Gasteiger charge is -2.18. The van der Waals surface area contributed by atoms with Crippen LogP contribution in [0.5, 0.6) is 0 Å². The molecular weight excluding hydrogens is 293 g/mol. The summed E-state index contributed by atoms with van der Waals surface area (Å²) in [4.78, 5) is 13.5. The van der Waals surface area contributed by atoms with E-state index in [9.17, 15) is 4.79 Å². The molecule has 0 atom stereocenters. The van der Waals surface area contributed by atoms with Gasteiger partial charge in [0.25, 0.3) is 0 Å². The van der Waals surface area contributed by atoms with Crippen molar-refractivity contribution in [1.82, 2.24) is 4.90 Å². The lowest BCUT2D eigenvalue weighted by atomic mass is 10.2. The maximum absolute atomic E-state index is 11.8. The van der Waals surface area contributed by atoms with Crippen LogP contribution in [0.3, 0.4) is 0 Å². The van der Waals surface area contributed by atoms with Crippen molar-refractivity contribution in [2.45, 2.75) is 25.8 Å². The van der Waals surface area contributed by atoms with E-state index in [1.165, 1.54) is 0 Å². The normalized spacial score (nSPS) is 10.4. The fourth-order valence-electron chi connectivity index (χ4n) is 1.56. The number of alkyl halides is 1. The predicted octanol–water partition coefficient (Wildman–Crippen LogP) is 4.36. The molecule has 0 spiro atoms. The quantitative estimate of drug-likeness (QED) is 0.565. The molecule has 0 fully saturated rings. The number of hydrogen-bond acceptors (Lipinski definition) is 1. The lowest BCUT2D eigenvalue weighted by molar-refractivity contribution is -0.130. The van der Waals surface area contributed by atoms with Crippen molar-refractivity contribution in [3.63, 3.8) is 0 Å². The van der Waals surface area contributed by atoms with Gasteiger partial charge in [-0.15, -0.1) is 11.6 Å². The van der Waals surface area contributed by atoms with E-state index in [4.69, 9.17) is 34.8 Å². The number of unbranched alkanes of at least 4 members (excludes halogenated alkanes) is 1. The molecule has 0 aromatic heterocycles. The molecule has 0 aliphatic rings. The van der Waals surface area contributed by atoms with Crippen LogP contribution in [-0.4, -0.2) is 23.7 Å². The van der Waals surface area contributed by atoms with Crippen LogP contribution >= 0.6 is 34.8 Å². The van der Waals surface area contributed by atoms with Gasteiger partial charge in [-0.3, -0.25) is 4.79 Å². The highest BCUT2D eigenvalue weighted by molar-refractivity contribution is 6.35. The van der Waals surface area contributed by atoms with E-state index in [2.05, 4.69) is 0 Å². The molecule has 1 aromatic rings. The molecule has 100 valence electrons. The number of nitrogens with zero attached hydrogens (tertiary/aromatic N) is 1. The molecule has 0 aliphatic heterocycles. The Morgan fingerprint density at radius 3 is 2.61 bits per heavy atom. The Morgan fingerprint density at radius 2 is 2.00 bits per heavy atom. The summed E-state index contributed by atoms with van der Waals surface area (Å²) in [6, 6.07) is 5.30. The third kappa shape index (κ3) is 5.05. The Labute approximate surface area is 123 Å². The van der Waals surface area contributed by atoms with Gasteiger partial charge in [0.05, 0.1) is 0 Å². The Kier molecular flexibility index (Phi) is 6.83. The van der Waals surface area contributed by atoms with Gasteiger partial charge in [-0.25, -0.2) is 0 Å². The molecule has 2 nitrogen and oxygen atoms in total. The molecule has 1 amide bonds. The van der Waals surface area contributed by atoms with Gasteiger partial charge in [0, 0.05) is 35.9 Å². The van der Waals surface area contributed by atoms with E-state index >= 15 is 0 Å². The summed E-state index contributed by atoms with van der Waals surface area (Å²) in [6.07, 6.45) is 2.21. The summed E-state index contributed by atoms with van der Waals surface area (Å²) >= 11 is 17.5. The topological polar surface area (TPSA) is 20.3 Å². The summed E-state index contributed by atoms with van der Waals surface area (Å²) in [5, 5.41) is 1.18. The number of hydrogen-bond donors (Lipinski definition) is 0. The molecule has 0 saturated heterocycles. The Morgan fingerprint density at radius 1 is 1.28 bits per heavy atom. The number of carbonyl (C=O) groups excluding carboxylic acids is 1. The molecule has 0 saturated carbocycles. The minimum absolute atomic E-state index is 0.103. The zero-order chi connectivity index (χ0) is 13.5. The Balaban J connectivity index is 2.53. The summed E-state index contributed by atoms with van der Waals surface area (Å²) in [5.74, 6) is 0.700. The number of rotatable bonds is 6. The van der Waals surface area contributed by atoms with Gasteiger partial charge >= 0.3 is 0 Å². The van der Waals surface area contributed by atoms with Gasteiger partial charge in [-0.2, -0.15) is 0 Å². The second-order valence-electron chi connectivity index (χ2n) is 4.13. The second kappa shape index (κ2) is 7.88. The van der Waals surface area contributed by atoms with Crippen LogP contribution in [0.15, 0.2) is 18.2 Å². The molecule has 18 heavy (non-hydrogen) atoms. The monoisotopic (exact) mass is 307 g/mol. The molecule has 0 radical (unpaired) electrons. The predicted molar refractivity (Wildman–Crippen MR) is 77.5 cm³/mol. The van der Waals surface area contributed by atoms with Crippen LogP contribution in [0.25, 0.3) is 0 Å². The standard InChI is InChI=1S/C13H16Cl3NO/c1-17(13(18)4-2-3-7-14)9-10-5-6-11(15)8-12(10)16/h5-6,8H,2-4,7,9H2,1H3. The maximum atomic E-state index is 11.8. The van der Waals surface area contributed by atoms with Gasteiger partial charge in [-0.05, 0) is 30.5 Å². The zero-order valence-electron chi connectivity index (χ0n) is 10.3. The molecule has 0 unspecified atom stereocenters. The third-order valence-corrected chi connectivity index (χ3v) is 3.48. The molecule has 0 aliphatic carbocycles. The number of carbonyl (C=O) groups is 1. The Hall–Kier alpha value is -0.440. The largest absolute Gasteiger partial charge is 0.341 e. The highest BCUT2D eigenvalue weighted by atomic mass is 35.5. The van der Waals surface area contributed by atoms with Crippen LogP contribution in [0.2, 0.25) is 10.0 Å². The van der Waals surface area contributed by atoms with E-state index in [1.807, 2.05) is 6.07 Å². The van der Waals surface area contributed by atoms with Gasteiger partial charge in [0.2, 0.25) is 5.91 Å². The van der Waals surface area contributed by atoms with Crippen LogP contribution in [0, 0.1) is 0 Å². The maximum Gasteiger partial charge on any atom is 0.222 e. The Bertz CT molecular complexity index is 409. The smallest absolute Gasteiger partial charge is 0.222 e. The first-order valence-corrected chi connectivity index (χ1v) is 7.07. The second-order valence-corrected chi connectivity index (χ2v) is 5.35. The first kappa shape index (κ1) is 15.6. The van der Waals surface area contributed by atoms with Crippen molar-refractivity contribution in [3.8, 4) is 0 Å². The minimum Gasteiger partial charge on any atom is -0.341 e.